The van der Waals surface area contributed by atoms with Crippen LogP contribution in [-0.4, -0.2) is 38.3 Å². The summed E-state index contributed by atoms with van der Waals surface area (Å²) in [6, 6.07) is 6.10. The fourth-order valence-corrected chi connectivity index (χ4v) is 2.78. The normalized spacial score (nSPS) is 21.1. The number of rotatable bonds is 4. The maximum Gasteiger partial charge on any atom is 0.309 e. The minimum Gasteiger partial charge on any atom is -0.458 e. The Labute approximate surface area is 144 Å². The first-order valence-electron chi connectivity index (χ1n) is 8.21. The van der Waals surface area contributed by atoms with Crippen molar-refractivity contribution in [2.24, 2.45) is 0 Å². The molecule has 7 heteroatoms. The SMILES string of the molecule is CC(C)n1nnc(-c2ccc(F)cc2)c1C=C[C@@H]1C[C@@H](O)CC(=O)O1. The highest BCUT2D eigenvalue weighted by molar-refractivity contribution is 5.72. The molecule has 1 aromatic carbocycles. The molecule has 2 atom stereocenters. The largest absolute Gasteiger partial charge is 0.458 e. The van der Waals surface area contributed by atoms with Crippen molar-refractivity contribution in [3.63, 3.8) is 0 Å². The zero-order valence-electron chi connectivity index (χ0n) is 14.1. The Balaban J connectivity index is 1.93. The van der Waals surface area contributed by atoms with Crippen molar-refractivity contribution in [1.29, 1.82) is 0 Å². The number of benzene rings is 1. The second kappa shape index (κ2) is 7.14. The van der Waals surface area contributed by atoms with Crippen molar-refractivity contribution in [1.82, 2.24) is 15.0 Å². The van der Waals surface area contributed by atoms with Crippen molar-refractivity contribution < 1.29 is 19.0 Å². The lowest BCUT2D eigenvalue weighted by Crippen LogP contribution is -2.31. The highest BCUT2D eigenvalue weighted by Gasteiger charge is 2.25. The summed E-state index contributed by atoms with van der Waals surface area (Å²) in [4.78, 5) is 11.5. The molecule has 25 heavy (non-hydrogen) atoms. The lowest BCUT2D eigenvalue weighted by Gasteiger charge is -2.23. The van der Waals surface area contributed by atoms with Gasteiger partial charge in [0.2, 0.25) is 0 Å². The predicted molar refractivity (Wildman–Crippen MR) is 90.0 cm³/mol. The molecule has 0 aliphatic carbocycles. The third-order valence-corrected chi connectivity index (χ3v) is 4.00. The molecule has 0 bridgehead atoms. The minimum absolute atomic E-state index is 0.0245. The minimum atomic E-state index is -0.694. The quantitative estimate of drug-likeness (QED) is 0.862. The molecule has 2 heterocycles. The number of carbonyl (C=O) groups excluding carboxylic acids is 1. The summed E-state index contributed by atoms with van der Waals surface area (Å²) in [7, 11) is 0. The van der Waals surface area contributed by atoms with E-state index < -0.39 is 18.2 Å². The number of hydrogen-bond acceptors (Lipinski definition) is 5. The molecule has 132 valence electrons. The van der Waals surface area contributed by atoms with Crippen molar-refractivity contribution in [2.75, 3.05) is 0 Å². The smallest absolute Gasteiger partial charge is 0.309 e. The average Bonchev–Trinajstić information content (AvgIpc) is 2.97. The van der Waals surface area contributed by atoms with Gasteiger partial charge in [-0.15, -0.1) is 5.10 Å². The van der Waals surface area contributed by atoms with Crippen LogP contribution >= 0.6 is 0 Å². The van der Waals surface area contributed by atoms with Gasteiger partial charge < -0.3 is 9.84 Å². The molecule has 1 aromatic heterocycles. The van der Waals surface area contributed by atoms with E-state index in [9.17, 15) is 14.3 Å². The lowest BCUT2D eigenvalue weighted by molar-refractivity contribution is -0.156. The molecule has 1 aliphatic rings. The van der Waals surface area contributed by atoms with Crippen molar-refractivity contribution in [3.8, 4) is 11.3 Å². The third kappa shape index (κ3) is 3.93. The summed E-state index contributed by atoms with van der Waals surface area (Å²) < 4.78 is 20.2. The lowest BCUT2D eigenvalue weighted by atomic mass is 10.0. The molecule has 0 spiro atoms. The Kier molecular flexibility index (Phi) is 4.94. The molecule has 0 amide bonds. The molecule has 2 aromatic rings. The molecular formula is C18H20FN3O3. The highest BCUT2D eigenvalue weighted by Crippen LogP contribution is 2.26. The summed E-state index contributed by atoms with van der Waals surface area (Å²) >= 11 is 0. The number of nitrogens with zero attached hydrogens (tertiary/aromatic N) is 3. The summed E-state index contributed by atoms with van der Waals surface area (Å²) in [5, 5.41) is 18.1. The molecule has 0 saturated carbocycles. The Bertz CT molecular complexity index is 783. The van der Waals surface area contributed by atoms with Gasteiger partial charge in [-0.25, -0.2) is 9.07 Å². The summed E-state index contributed by atoms with van der Waals surface area (Å²) in [6.45, 7) is 3.95. The number of esters is 1. The average molecular weight is 345 g/mol. The van der Waals surface area contributed by atoms with E-state index in [-0.39, 0.29) is 18.3 Å². The van der Waals surface area contributed by atoms with E-state index in [0.717, 1.165) is 11.3 Å². The van der Waals surface area contributed by atoms with Gasteiger partial charge in [-0.1, -0.05) is 5.21 Å². The number of cyclic esters (lactones) is 1. The molecule has 1 aliphatic heterocycles. The monoisotopic (exact) mass is 345 g/mol. The Morgan fingerprint density at radius 3 is 2.72 bits per heavy atom. The van der Waals surface area contributed by atoms with Crippen molar-refractivity contribution in [3.05, 3.63) is 41.9 Å². The molecule has 0 unspecified atom stereocenters. The fraction of sp³-hybridized carbons (Fsp3) is 0.389. The number of halogens is 1. The van der Waals surface area contributed by atoms with Crippen LogP contribution in [0.5, 0.6) is 0 Å². The summed E-state index contributed by atoms with van der Waals surface area (Å²) in [5.41, 5.74) is 2.10. The van der Waals surface area contributed by atoms with E-state index in [0.29, 0.717) is 12.1 Å². The van der Waals surface area contributed by atoms with Gasteiger partial charge in [-0.05, 0) is 50.3 Å². The van der Waals surface area contributed by atoms with E-state index in [4.69, 9.17) is 4.74 Å². The number of ether oxygens (including phenoxy) is 1. The molecule has 1 N–H and O–H groups in total. The first-order chi connectivity index (χ1) is 11.9. The number of aliphatic hydroxyl groups excluding tert-OH is 1. The predicted octanol–water partition coefficient (Wildman–Crippen LogP) is 2.74. The van der Waals surface area contributed by atoms with E-state index in [2.05, 4.69) is 10.3 Å². The first-order valence-corrected chi connectivity index (χ1v) is 8.21. The highest BCUT2D eigenvalue weighted by atomic mass is 19.1. The summed E-state index contributed by atoms with van der Waals surface area (Å²) in [6.07, 6.45) is 2.71. The first kappa shape index (κ1) is 17.3. The second-order valence-electron chi connectivity index (χ2n) is 6.35. The van der Waals surface area contributed by atoms with Gasteiger partial charge >= 0.3 is 5.97 Å². The Morgan fingerprint density at radius 2 is 2.08 bits per heavy atom. The van der Waals surface area contributed by atoms with Gasteiger partial charge in [0.15, 0.2) is 0 Å². The van der Waals surface area contributed by atoms with Gasteiger partial charge in [-0.3, -0.25) is 4.79 Å². The van der Waals surface area contributed by atoms with Gasteiger partial charge in [-0.2, -0.15) is 0 Å². The van der Waals surface area contributed by atoms with E-state index in [1.54, 1.807) is 29.0 Å². The van der Waals surface area contributed by atoms with Crippen LogP contribution in [0.3, 0.4) is 0 Å². The van der Waals surface area contributed by atoms with E-state index >= 15 is 0 Å². The maximum atomic E-state index is 13.2. The van der Waals surface area contributed by atoms with Crippen LogP contribution in [0.4, 0.5) is 4.39 Å². The standard InChI is InChI=1S/C18H20FN3O3/c1-11(2)22-16(8-7-15-9-14(23)10-17(24)25-15)18(20-21-22)12-3-5-13(19)6-4-12/h3-8,11,14-15,23H,9-10H2,1-2H3/t14-,15-/m1/s1. The van der Waals surface area contributed by atoms with Crippen molar-refractivity contribution >= 4 is 12.0 Å². The van der Waals surface area contributed by atoms with Crippen LogP contribution in [-0.2, 0) is 9.53 Å². The molecule has 0 radical (unpaired) electrons. The van der Waals surface area contributed by atoms with Crippen LogP contribution in [0, 0.1) is 5.82 Å². The van der Waals surface area contributed by atoms with Crippen LogP contribution < -0.4 is 0 Å². The van der Waals surface area contributed by atoms with Crippen LogP contribution in [0.1, 0.15) is 38.4 Å². The van der Waals surface area contributed by atoms with Crippen molar-refractivity contribution in [2.45, 2.75) is 44.9 Å². The van der Waals surface area contributed by atoms with Gasteiger partial charge in [0.25, 0.3) is 0 Å². The zero-order chi connectivity index (χ0) is 18.0. The van der Waals surface area contributed by atoms with Crippen LogP contribution in [0.2, 0.25) is 0 Å². The van der Waals surface area contributed by atoms with Crippen LogP contribution in [0.25, 0.3) is 17.3 Å². The molecule has 1 fully saturated rings. The molecule has 1 saturated heterocycles. The van der Waals surface area contributed by atoms with Crippen LogP contribution in [0.15, 0.2) is 30.3 Å². The molecular weight excluding hydrogens is 325 g/mol. The Morgan fingerprint density at radius 1 is 1.36 bits per heavy atom. The van der Waals surface area contributed by atoms with E-state index in [1.165, 1.54) is 12.1 Å². The van der Waals surface area contributed by atoms with Gasteiger partial charge in [0.05, 0.1) is 18.2 Å². The number of hydrogen-bond donors (Lipinski definition) is 1. The summed E-state index contributed by atoms with van der Waals surface area (Å²) in [5.74, 6) is -0.733. The maximum absolute atomic E-state index is 13.2. The van der Waals surface area contributed by atoms with E-state index in [1.807, 2.05) is 13.8 Å². The topological polar surface area (TPSA) is 77.2 Å². The molecule has 3 rings (SSSR count). The second-order valence-corrected chi connectivity index (χ2v) is 6.35. The fourth-order valence-electron chi connectivity index (χ4n) is 2.78. The number of aliphatic hydroxyl groups is 1. The third-order valence-electron chi connectivity index (χ3n) is 4.00. The zero-order valence-corrected chi connectivity index (χ0v) is 14.1. The number of aromatic nitrogens is 3. The van der Waals surface area contributed by atoms with Gasteiger partial charge in [0.1, 0.15) is 17.6 Å². The Hall–Kier alpha value is -2.54. The van der Waals surface area contributed by atoms with Gasteiger partial charge in [0, 0.05) is 18.0 Å². The molecule has 6 nitrogen and oxygen atoms in total. The number of carbonyl (C=O) groups is 1.